The van der Waals surface area contributed by atoms with Gasteiger partial charge in [0, 0.05) is 18.1 Å². The number of amides is 1. The Labute approximate surface area is 100 Å². The number of aromatic nitrogens is 1. The number of hydrogen-bond donors (Lipinski definition) is 0. The minimum absolute atomic E-state index is 0.000229. The molecule has 0 aromatic carbocycles. The molecule has 1 rings (SSSR count). The molecule has 1 amide bonds. The number of nitrogens with zero attached hydrogens (tertiary/aromatic N) is 2. The summed E-state index contributed by atoms with van der Waals surface area (Å²) in [4.78, 5) is 18.6. The lowest BCUT2D eigenvalue weighted by Gasteiger charge is -2.16. The van der Waals surface area contributed by atoms with Gasteiger partial charge in [0.2, 0.25) is 5.91 Å². The van der Waals surface area contributed by atoms with Crippen LogP contribution in [0.2, 0.25) is 0 Å². The van der Waals surface area contributed by atoms with Gasteiger partial charge in [0.1, 0.15) is 6.61 Å². The highest BCUT2D eigenvalue weighted by Crippen LogP contribution is 2.13. The molecule has 4 nitrogen and oxygen atoms in total. The van der Waals surface area contributed by atoms with E-state index in [1.165, 1.54) is 0 Å². The highest BCUT2D eigenvalue weighted by Gasteiger charge is 2.11. The van der Waals surface area contributed by atoms with Crippen molar-refractivity contribution in [2.45, 2.75) is 33.4 Å². The fourth-order valence-electron chi connectivity index (χ4n) is 1.15. The van der Waals surface area contributed by atoms with E-state index in [1.807, 2.05) is 27.0 Å². The number of rotatable bonds is 5. The number of carbonyl (C=O) groups excluding carboxylic acids is 1. The molecule has 0 fully saturated rings. The molecular formula is C11H18N2O2S. The van der Waals surface area contributed by atoms with Crippen molar-refractivity contribution >= 4 is 17.2 Å². The molecule has 16 heavy (non-hydrogen) atoms. The molecule has 0 aliphatic carbocycles. The average molecular weight is 242 g/mol. The van der Waals surface area contributed by atoms with Crippen LogP contribution in [-0.4, -0.2) is 35.5 Å². The molecule has 5 heteroatoms. The van der Waals surface area contributed by atoms with E-state index in [1.54, 1.807) is 23.3 Å². The fourth-order valence-corrected chi connectivity index (χ4v) is 2.00. The summed E-state index contributed by atoms with van der Waals surface area (Å²) in [5.41, 5.74) is 0. The first kappa shape index (κ1) is 13.1. The lowest BCUT2D eigenvalue weighted by atomic mass is 10.4. The molecule has 1 aromatic heterocycles. The summed E-state index contributed by atoms with van der Waals surface area (Å²) in [5, 5.41) is 1.02. The Balaban J connectivity index is 2.39. The second-order valence-corrected chi connectivity index (χ2v) is 5.27. The molecule has 0 atom stereocenters. The van der Waals surface area contributed by atoms with Crippen molar-refractivity contribution in [3.8, 4) is 0 Å². The highest BCUT2D eigenvalue weighted by atomic mass is 32.1. The minimum atomic E-state index is -0.000229. The summed E-state index contributed by atoms with van der Waals surface area (Å²) in [6.07, 6.45) is 1.90. The second-order valence-electron chi connectivity index (χ2n) is 3.96. The van der Waals surface area contributed by atoms with Crippen molar-refractivity contribution in [2.75, 3.05) is 13.7 Å². The topological polar surface area (TPSA) is 42.4 Å². The SMILES string of the molecule is Cc1ncc(CN(C)C(=O)COC(C)C)s1. The van der Waals surface area contributed by atoms with Crippen LogP contribution in [0.15, 0.2) is 6.20 Å². The first-order chi connectivity index (χ1) is 7.49. The Morgan fingerprint density at radius 3 is 2.81 bits per heavy atom. The highest BCUT2D eigenvalue weighted by molar-refractivity contribution is 7.11. The van der Waals surface area contributed by atoms with E-state index in [0.29, 0.717) is 6.54 Å². The molecule has 1 heterocycles. The summed E-state index contributed by atoms with van der Waals surface area (Å²) in [6, 6.07) is 0. The predicted octanol–water partition coefficient (Wildman–Crippen LogP) is 1.83. The monoisotopic (exact) mass is 242 g/mol. The Kier molecular flexibility index (Phi) is 4.89. The summed E-state index contributed by atoms with van der Waals surface area (Å²) in [6.45, 7) is 6.54. The fraction of sp³-hybridized carbons (Fsp3) is 0.636. The van der Waals surface area contributed by atoms with Crippen LogP contribution in [0, 0.1) is 6.92 Å². The van der Waals surface area contributed by atoms with Crippen molar-refractivity contribution in [2.24, 2.45) is 0 Å². The van der Waals surface area contributed by atoms with Gasteiger partial charge in [0.05, 0.1) is 17.7 Å². The third kappa shape index (κ3) is 4.28. The zero-order chi connectivity index (χ0) is 12.1. The second kappa shape index (κ2) is 5.96. The van der Waals surface area contributed by atoms with Gasteiger partial charge in [-0.2, -0.15) is 0 Å². The van der Waals surface area contributed by atoms with Crippen LogP contribution in [0.1, 0.15) is 23.7 Å². The van der Waals surface area contributed by atoms with Gasteiger partial charge in [0.15, 0.2) is 0 Å². The van der Waals surface area contributed by atoms with E-state index in [-0.39, 0.29) is 18.6 Å². The number of aryl methyl sites for hydroxylation is 1. The van der Waals surface area contributed by atoms with Crippen LogP contribution in [0.3, 0.4) is 0 Å². The number of ether oxygens (including phenoxy) is 1. The first-order valence-corrected chi connectivity index (χ1v) is 6.07. The maximum atomic E-state index is 11.6. The molecule has 0 bridgehead atoms. The van der Waals surface area contributed by atoms with Gasteiger partial charge in [-0.15, -0.1) is 11.3 Å². The van der Waals surface area contributed by atoms with Gasteiger partial charge >= 0.3 is 0 Å². The molecule has 0 unspecified atom stereocenters. The zero-order valence-electron chi connectivity index (χ0n) is 10.2. The first-order valence-electron chi connectivity index (χ1n) is 5.26. The van der Waals surface area contributed by atoms with Crippen molar-refractivity contribution in [1.29, 1.82) is 0 Å². The molecule has 90 valence electrons. The quantitative estimate of drug-likeness (QED) is 0.791. The molecule has 0 aliphatic rings. The summed E-state index contributed by atoms with van der Waals surface area (Å²) in [5.74, 6) is -0.000229. The maximum absolute atomic E-state index is 11.6. The summed E-state index contributed by atoms with van der Waals surface area (Å²) in [7, 11) is 1.78. The third-order valence-corrected chi connectivity index (χ3v) is 2.93. The van der Waals surface area contributed by atoms with Crippen molar-refractivity contribution in [3.63, 3.8) is 0 Å². The molecule has 0 N–H and O–H groups in total. The molecule has 0 aliphatic heterocycles. The normalized spacial score (nSPS) is 10.8. The Hall–Kier alpha value is -0.940. The smallest absolute Gasteiger partial charge is 0.248 e. The molecule has 1 aromatic rings. The number of likely N-dealkylation sites (N-methyl/N-ethyl adjacent to an activating group) is 1. The van der Waals surface area contributed by atoms with Crippen LogP contribution in [-0.2, 0) is 16.1 Å². The van der Waals surface area contributed by atoms with E-state index < -0.39 is 0 Å². The van der Waals surface area contributed by atoms with Gasteiger partial charge in [0.25, 0.3) is 0 Å². The predicted molar refractivity (Wildman–Crippen MR) is 64.4 cm³/mol. The van der Waals surface area contributed by atoms with Gasteiger partial charge < -0.3 is 9.64 Å². The van der Waals surface area contributed by atoms with Gasteiger partial charge in [-0.05, 0) is 20.8 Å². The van der Waals surface area contributed by atoms with Crippen LogP contribution >= 0.6 is 11.3 Å². The number of hydrogen-bond acceptors (Lipinski definition) is 4. The number of thiazole rings is 1. The Morgan fingerprint density at radius 1 is 1.62 bits per heavy atom. The standard InChI is InChI=1S/C11H18N2O2S/c1-8(2)15-7-11(14)13(4)6-10-5-12-9(3)16-10/h5,8H,6-7H2,1-4H3. The Bertz CT molecular complexity index is 350. The van der Waals surface area contributed by atoms with Crippen LogP contribution in [0.5, 0.6) is 0 Å². The summed E-state index contributed by atoms with van der Waals surface area (Å²) < 4.78 is 5.26. The van der Waals surface area contributed by atoms with Crippen molar-refractivity contribution in [1.82, 2.24) is 9.88 Å². The van der Waals surface area contributed by atoms with E-state index in [9.17, 15) is 4.79 Å². The minimum Gasteiger partial charge on any atom is -0.369 e. The number of carbonyl (C=O) groups is 1. The van der Waals surface area contributed by atoms with Gasteiger partial charge in [-0.25, -0.2) is 4.98 Å². The van der Waals surface area contributed by atoms with Gasteiger partial charge in [-0.3, -0.25) is 4.79 Å². The zero-order valence-corrected chi connectivity index (χ0v) is 11.0. The van der Waals surface area contributed by atoms with E-state index in [4.69, 9.17) is 4.74 Å². The maximum Gasteiger partial charge on any atom is 0.248 e. The third-order valence-electron chi connectivity index (χ3n) is 2.03. The van der Waals surface area contributed by atoms with E-state index in [0.717, 1.165) is 9.88 Å². The molecule has 0 radical (unpaired) electrons. The van der Waals surface area contributed by atoms with Gasteiger partial charge in [-0.1, -0.05) is 0 Å². The van der Waals surface area contributed by atoms with Crippen molar-refractivity contribution in [3.05, 3.63) is 16.1 Å². The molecule has 0 saturated heterocycles. The average Bonchev–Trinajstić information content (AvgIpc) is 2.60. The van der Waals surface area contributed by atoms with Crippen molar-refractivity contribution < 1.29 is 9.53 Å². The lowest BCUT2D eigenvalue weighted by Crippen LogP contribution is -2.30. The van der Waals surface area contributed by atoms with Crippen LogP contribution < -0.4 is 0 Å². The largest absolute Gasteiger partial charge is 0.369 e. The van der Waals surface area contributed by atoms with Crippen LogP contribution in [0.4, 0.5) is 0 Å². The van der Waals surface area contributed by atoms with E-state index >= 15 is 0 Å². The summed E-state index contributed by atoms with van der Waals surface area (Å²) >= 11 is 1.61. The Morgan fingerprint density at radius 2 is 2.31 bits per heavy atom. The van der Waals surface area contributed by atoms with E-state index in [2.05, 4.69) is 4.98 Å². The lowest BCUT2D eigenvalue weighted by molar-refractivity contribution is -0.136. The molecule has 0 spiro atoms. The molecular weight excluding hydrogens is 224 g/mol. The van der Waals surface area contributed by atoms with Crippen LogP contribution in [0.25, 0.3) is 0 Å². The molecule has 0 saturated carbocycles.